The van der Waals surface area contributed by atoms with Crippen LogP contribution in [-0.4, -0.2) is 54.6 Å². The SMILES string of the molecule is O=C(C1CCCO1)N1CCN(c2ccc([N+](=O)[O-])cc2Cl)CC1. The van der Waals surface area contributed by atoms with Crippen molar-refractivity contribution in [2.75, 3.05) is 37.7 Å². The van der Waals surface area contributed by atoms with Crippen LogP contribution >= 0.6 is 11.6 Å². The van der Waals surface area contributed by atoms with Crippen LogP contribution in [-0.2, 0) is 9.53 Å². The highest BCUT2D eigenvalue weighted by atomic mass is 35.5. The second-order valence-electron chi connectivity index (χ2n) is 5.71. The van der Waals surface area contributed by atoms with E-state index in [1.165, 1.54) is 12.1 Å². The summed E-state index contributed by atoms with van der Waals surface area (Å²) in [5.41, 5.74) is 0.743. The zero-order chi connectivity index (χ0) is 16.4. The number of ether oxygens (including phenoxy) is 1. The van der Waals surface area contributed by atoms with Gasteiger partial charge in [0, 0.05) is 44.9 Å². The number of non-ortho nitro benzene ring substituents is 1. The number of hydrogen-bond donors (Lipinski definition) is 0. The van der Waals surface area contributed by atoms with Gasteiger partial charge in [-0.25, -0.2) is 0 Å². The number of carbonyl (C=O) groups excluding carboxylic acids is 1. The minimum absolute atomic E-state index is 0.0223. The van der Waals surface area contributed by atoms with E-state index >= 15 is 0 Å². The van der Waals surface area contributed by atoms with E-state index in [0.717, 1.165) is 18.5 Å². The van der Waals surface area contributed by atoms with Gasteiger partial charge in [-0.1, -0.05) is 11.6 Å². The van der Waals surface area contributed by atoms with Crippen LogP contribution in [0.2, 0.25) is 5.02 Å². The van der Waals surface area contributed by atoms with Crippen LogP contribution in [0, 0.1) is 10.1 Å². The van der Waals surface area contributed by atoms with Crippen LogP contribution in [0.15, 0.2) is 18.2 Å². The maximum Gasteiger partial charge on any atom is 0.271 e. The van der Waals surface area contributed by atoms with E-state index in [0.29, 0.717) is 37.8 Å². The number of benzene rings is 1. The summed E-state index contributed by atoms with van der Waals surface area (Å²) >= 11 is 6.16. The zero-order valence-corrected chi connectivity index (χ0v) is 13.4. The molecule has 124 valence electrons. The molecule has 0 radical (unpaired) electrons. The number of anilines is 1. The third kappa shape index (κ3) is 3.40. The summed E-state index contributed by atoms with van der Waals surface area (Å²) in [6.45, 7) is 3.17. The molecule has 1 amide bonds. The van der Waals surface area contributed by atoms with Crippen molar-refractivity contribution >= 4 is 28.9 Å². The van der Waals surface area contributed by atoms with Crippen LogP contribution in [0.5, 0.6) is 0 Å². The monoisotopic (exact) mass is 339 g/mol. The van der Waals surface area contributed by atoms with E-state index in [9.17, 15) is 14.9 Å². The van der Waals surface area contributed by atoms with Gasteiger partial charge >= 0.3 is 0 Å². The van der Waals surface area contributed by atoms with Crippen molar-refractivity contribution in [3.05, 3.63) is 33.3 Å². The number of nitro benzene ring substituents is 1. The first-order chi connectivity index (χ1) is 11.1. The molecule has 7 nitrogen and oxygen atoms in total. The lowest BCUT2D eigenvalue weighted by molar-refractivity contribution is -0.384. The molecule has 3 rings (SSSR count). The van der Waals surface area contributed by atoms with Gasteiger partial charge < -0.3 is 14.5 Å². The molecule has 0 aromatic heterocycles. The number of carbonyl (C=O) groups is 1. The van der Waals surface area contributed by atoms with Gasteiger partial charge in [0.15, 0.2) is 0 Å². The van der Waals surface area contributed by atoms with E-state index in [2.05, 4.69) is 0 Å². The van der Waals surface area contributed by atoms with Crippen molar-refractivity contribution in [2.24, 2.45) is 0 Å². The maximum absolute atomic E-state index is 12.3. The molecule has 0 aliphatic carbocycles. The molecular weight excluding hydrogens is 322 g/mol. The third-order valence-electron chi connectivity index (χ3n) is 4.28. The predicted molar refractivity (Wildman–Crippen MR) is 85.9 cm³/mol. The second kappa shape index (κ2) is 6.72. The fourth-order valence-corrected chi connectivity index (χ4v) is 3.30. The van der Waals surface area contributed by atoms with Crippen LogP contribution < -0.4 is 4.90 Å². The normalized spacial score (nSPS) is 21.5. The fraction of sp³-hybridized carbons (Fsp3) is 0.533. The van der Waals surface area contributed by atoms with E-state index in [1.807, 2.05) is 9.80 Å². The van der Waals surface area contributed by atoms with Gasteiger partial charge in [-0.3, -0.25) is 14.9 Å². The Bertz CT molecular complexity index is 611. The Morgan fingerprint density at radius 2 is 2.04 bits per heavy atom. The average molecular weight is 340 g/mol. The van der Waals surface area contributed by atoms with Gasteiger partial charge in [-0.15, -0.1) is 0 Å². The Balaban J connectivity index is 1.62. The smallest absolute Gasteiger partial charge is 0.271 e. The number of nitrogens with zero attached hydrogens (tertiary/aromatic N) is 3. The van der Waals surface area contributed by atoms with Crippen LogP contribution in [0.25, 0.3) is 0 Å². The first-order valence-corrected chi connectivity index (χ1v) is 8.03. The van der Waals surface area contributed by atoms with Gasteiger partial charge in [0.25, 0.3) is 11.6 Å². The van der Waals surface area contributed by atoms with Gasteiger partial charge in [0.05, 0.1) is 15.6 Å². The molecule has 1 aromatic carbocycles. The molecule has 2 heterocycles. The summed E-state index contributed by atoms with van der Waals surface area (Å²) in [4.78, 5) is 26.5. The Morgan fingerprint density at radius 1 is 1.30 bits per heavy atom. The molecule has 0 bridgehead atoms. The molecule has 8 heteroatoms. The molecule has 1 unspecified atom stereocenters. The lowest BCUT2D eigenvalue weighted by atomic mass is 10.2. The molecule has 1 aromatic rings. The van der Waals surface area contributed by atoms with Crippen molar-refractivity contribution in [1.82, 2.24) is 4.90 Å². The second-order valence-corrected chi connectivity index (χ2v) is 6.11. The maximum atomic E-state index is 12.3. The number of nitro groups is 1. The molecule has 0 N–H and O–H groups in total. The number of amides is 1. The van der Waals surface area contributed by atoms with Crippen LogP contribution in [0.3, 0.4) is 0 Å². The molecule has 2 fully saturated rings. The van der Waals surface area contributed by atoms with Gasteiger partial charge in [0.2, 0.25) is 0 Å². The largest absolute Gasteiger partial charge is 0.368 e. The van der Waals surface area contributed by atoms with E-state index < -0.39 is 4.92 Å². The van der Waals surface area contributed by atoms with Gasteiger partial charge in [-0.2, -0.15) is 0 Å². The van der Waals surface area contributed by atoms with E-state index in [1.54, 1.807) is 6.07 Å². The number of hydrogen-bond acceptors (Lipinski definition) is 5. The lowest BCUT2D eigenvalue weighted by Crippen LogP contribution is -2.51. The first-order valence-electron chi connectivity index (χ1n) is 7.65. The van der Waals surface area contributed by atoms with Crippen LogP contribution in [0.1, 0.15) is 12.8 Å². The van der Waals surface area contributed by atoms with Crippen molar-refractivity contribution in [1.29, 1.82) is 0 Å². The molecule has 0 saturated carbocycles. The van der Waals surface area contributed by atoms with Crippen molar-refractivity contribution in [2.45, 2.75) is 18.9 Å². The standard InChI is InChI=1S/C15H18ClN3O4/c16-12-10-11(19(21)22)3-4-13(12)17-5-7-18(8-6-17)15(20)14-2-1-9-23-14/h3-4,10,14H,1-2,5-9H2. The third-order valence-corrected chi connectivity index (χ3v) is 4.58. The quantitative estimate of drug-likeness (QED) is 0.622. The first kappa shape index (κ1) is 16.0. The molecule has 2 aliphatic heterocycles. The fourth-order valence-electron chi connectivity index (χ4n) is 3.01. The number of halogens is 1. The Kier molecular flexibility index (Phi) is 4.68. The molecular formula is C15H18ClN3O4. The van der Waals surface area contributed by atoms with Crippen molar-refractivity contribution in [3.63, 3.8) is 0 Å². The molecule has 2 saturated heterocycles. The summed E-state index contributed by atoms with van der Waals surface area (Å²) in [5, 5.41) is 11.1. The highest BCUT2D eigenvalue weighted by Crippen LogP contribution is 2.30. The highest BCUT2D eigenvalue weighted by Gasteiger charge is 2.30. The Hall–Kier alpha value is -1.86. The Labute approximate surface area is 138 Å². The summed E-state index contributed by atoms with van der Waals surface area (Å²) in [5.74, 6) is 0.0666. The van der Waals surface area contributed by atoms with Crippen LogP contribution in [0.4, 0.5) is 11.4 Å². The molecule has 2 aliphatic rings. The van der Waals surface area contributed by atoms with Crippen molar-refractivity contribution in [3.8, 4) is 0 Å². The molecule has 23 heavy (non-hydrogen) atoms. The molecule has 0 spiro atoms. The summed E-state index contributed by atoms with van der Waals surface area (Å²) < 4.78 is 5.44. The minimum Gasteiger partial charge on any atom is -0.368 e. The van der Waals surface area contributed by atoms with Crippen molar-refractivity contribution < 1.29 is 14.5 Å². The van der Waals surface area contributed by atoms with E-state index in [-0.39, 0.29) is 17.7 Å². The summed E-state index contributed by atoms with van der Waals surface area (Å²) in [6.07, 6.45) is 1.45. The topological polar surface area (TPSA) is 75.9 Å². The van der Waals surface area contributed by atoms with Gasteiger partial charge in [0.1, 0.15) is 6.10 Å². The average Bonchev–Trinajstić information content (AvgIpc) is 3.08. The summed E-state index contributed by atoms with van der Waals surface area (Å²) in [6, 6.07) is 4.48. The molecule has 1 atom stereocenters. The minimum atomic E-state index is -0.464. The number of rotatable bonds is 3. The zero-order valence-electron chi connectivity index (χ0n) is 12.6. The lowest BCUT2D eigenvalue weighted by Gasteiger charge is -2.37. The summed E-state index contributed by atoms with van der Waals surface area (Å²) in [7, 11) is 0. The van der Waals surface area contributed by atoms with E-state index in [4.69, 9.17) is 16.3 Å². The van der Waals surface area contributed by atoms with Gasteiger partial charge in [-0.05, 0) is 18.9 Å². The number of piperazine rings is 1. The highest BCUT2D eigenvalue weighted by molar-refractivity contribution is 6.33. The Morgan fingerprint density at radius 3 is 2.61 bits per heavy atom. The predicted octanol–water partition coefficient (Wildman–Crippen LogP) is 2.08.